The lowest BCUT2D eigenvalue weighted by Gasteiger charge is -2.46. The first kappa shape index (κ1) is 91.8. The van der Waals surface area contributed by atoms with Gasteiger partial charge in [0.1, 0.15) is 48.8 Å². The summed E-state index contributed by atoms with van der Waals surface area (Å²) in [5, 5.41) is 87.7. The minimum Gasteiger partial charge on any atom is -0.394 e. The molecule has 0 saturated carbocycles. The molecule has 2 saturated heterocycles. The molecule has 0 aliphatic carbocycles. The average Bonchev–Trinajstić information content (AvgIpc) is 0.793. The smallest absolute Gasteiger partial charge is 0.220 e. The summed E-state index contributed by atoms with van der Waals surface area (Å²) >= 11 is 0. The van der Waals surface area contributed by atoms with Crippen molar-refractivity contribution in [2.75, 3.05) is 19.8 Å². The van der Waals surface area contributed by atoms with Crippen LogP contribution in [-0.4, -0.2) is 140 Å². The third-order valence-corrected chi connectivity index (χ3v) is 21.2. The third-order valence-electron chi connectivity index (χ3n) is 21.2. The van der Waals surface area contributed by atoms with Crippen molar-refractivity contribution in [3.63, 3.8) is 0 Å². The third kappa shape index (κ3) is 50.7. The molecule has 14 heteroatoms. The van der Waals surface area contributed by atoms with Crippen molar-refractivity contribution in [2.45, 2.75) is 492 Å². The molecule has 12 atom stereocenters. The number of carbonyl (C=O) groups excluding carboxylic acids is 1. The Morgan fingerprint density at radius 2 is 0.639 bits per heavy atom. The maximum atomic E-state index is 13.4. The molecule has 2 heterocycles. The molecule has 9 N–H and O–H groups in total. The number of rotatable bonds is 73. The summed E-state index contributed by atoms with van der Waals surface area (Å²) in [5.74, 6) is -0.228. The van der Waals surface area contributed by atoms with Crippen LogP contribution in [0.15, 0.2) is 12.2 Å². The number of carbonyl (C=O) groups is 1. The number of allylic oxidation sites excluding steroid dienone is 1. The monoisotopic (exact) mass is 1380 g/mol. The van der Waals surface area contributed by atoms with E-state index in [2.05, 4.69) is 19.2 Å². The molecule has 0 radical (unpaired) electrons. The van der Waals surface area contributed by atoms with E-state index in [0.29, 0.717) is 0 Å². The molecular formula is C83H161NO13. The summed E-state index contributed by atoms with van der Waals surface area (Å²) in [5.41, 5.74) is 0. The van der Waals surface area contributed by atoms with Crippen LogP contribution in [0.5, 0.6) is 0 Å². The van der Waals surface area contributed by atoms with E-state index in [1.165, 1.54) is 353 Å². The molecule has 0 spiro atoms. The number of ether oxygens (including phenoxy) is 4. The van der Waals surface area contributed by atoms with Gasteiger partial charge < -0.3 is 65.1 Å². The first-order valence-electron chi connectivity index (χ1n) is 42.4. The molecule has 1 amide bonds. The van der Waals surface area contributed by atoms with Crippen LogP contribution in [-0.2, 0) is 23.7 Å². The van der Waals surface area contributed by atoms with Gasteiger partial charge in [0.25, 0.3) is 0 Å². The van der Waals surface area contributed by atoms with Gasteiger partial charge in [-0.05, 0) is 19.3 Å². The zero-order valence-electron chi connectivity index (χ0n) is 63.4. The van der Waals surface area contributed by atoms with Gasteiger partial charge >= 0.3 is 0 Å². The van der Waals surface area contributed by atoms with Crippen LogP contribution in [0.2, 0.25) is 0 Å². The van der Waals surface area contributed by atoms with Gasteiger partial charge in [0.15, 0.2) is 12.6 Å². The van der Waals surface area contributed by atoms with Crippen LogP contribution < -0.4 is 5.32 Å². The number of nitrogens with one attached hydrogen (secondary N) is 1. The van der Waals surface area contributed by atoms with Gasteiger partial charge in [0.05, 0.1) is 32.0 Å². The second-order valence-electron chi connectivity index (χ2n) is 30.3. The van der Waals surface area contributed by atoms with Gasteiger partial charge in [-0.2, -0.15) is 0 Å². The Hall–Kier alpha value is -1.27. The Bertz CT molecular complexity index is 1680. The lowest BCUT2D eigenvalue weighted by atomic mass is 9.97. The Morgan fingerprint density at radius 1 is 0.361 bits per heavy atom. The molecule has 12 unspecified atom stereocenters. The number of unbranched alkanes of at least 4 members (excludes halogenated alkanes) is 60. The molecule has 0 aromatic heterocycles. The highest BCUT2D eigenvalue weighted by Crippen LogP contribution is 2.31. The molecule has 2 fully saturated rings. The van der Waals surface area contributed by atoms with Crippen LogP contribution in [0.3, 0.4) is 0 Å². The first-order chi connectivity index (χ1) is 47.6. The summed E-state index contributed by atoms with van der Waals surface area (Å²) in [6, 6.07) is -0.912. The molecule has 0 aromatic carbocycles. The molecule has 97 heavy (non-hydrogen) atoms. The van der Waals surface area contributed by atoms with E-state index in [-0.39, 0.29) is 18.9 Å². The highest BCUT2D eigenvalue weighted by atomic mass is 16.7. The van der Waals surface area contributed by atoms with Crippen molar-refractivity contribution in [1.29, 1.82) is 0 Å². The topological polar surface area (TPSA) is 228 Å². The van der Waals surface area contributed by atoms with Crippen LogP contribution >= 0.6 is 0 Å². The fourth-order valence-electron chi connectivity index (χ4n) is 14.5. The molecule has 14 nitrogen and oxygen atoms in total. The van der Waals surface area contributed by atoms with Crippen LogP contribution in [0.1, 0.15) is 418 Å². The van der Waals surface area contributed by atoms with Gasteiger partial charge in [-0.3, -0.25) is 4.79 Å². The minimum atomic E-state index is -1.79. The van der Waals surface area contributed by atoms with Crippen molar-refractivity contribution in [3.8, 4) is 0 Å². The lowest BCUT2D eigenvalue weighted by molar-refractivity contribution is -0.359. The minimum absolute atomic E-state index is 0.228. The number of hydrogen-bond acceptors (Lipinski definition) is 13. The predicted octanol–water partition coefficient (Wildman–Crippen LogP) is 19.6. The summed E-state index contributed by atoms with van der Waals surface area (Å²) in [6.07, 6.45) is 70.4. The van der Waals surface area contributed by atoms with Crippen LogP contribution in [0, 0.1) is 0 Å². The van der Waals surface area contributed by atoms with Gasteiger partial charge in [-0.1, -0.05) is 405 Å². The number of hydrogen-bond donors (Lipinski definition) is 9. The van der Waals surface area contributed by atoms with Crippen molar-refractivity contribution < 1.29 is 64.6 Å². The lowest BCUT2D eigenvalue weighted by Crippen LogP contribution is -2.65. The largest absolute Gasteiger partial charge is 0.394 e. The molecule has 0 bridgehead atoms. The fourth-order valence-corrected chi connectivity index (χ4v) is 14.5. The van der Waals surface area contributed by atoms with Crippen molar-refractivity contribution in [3.05, 3.63) is 12.2 Å². The van der Waals surface area contributed by atoms with E-state index in [0.717, 1.165) is 44.9 Å². The maximum absolute atomic E-state index is 13.4. The number of aliphatic hydroxyl groups is 8. The average molecular weight is 1380 g/mol. The Kier molecular flexibility index (Phi) is 64.2. The van der Waals surface area contributed by atoms with E-state index in [1.54, 1.807) is 6.08 Å². The summed E-state index contributed by atoms with van der Waals surface area (Å²) in [4.78, 5) is 13.4. The Morgan fingerprint density at radius 3 is 0.948 bits per heavy atom. The molecular weight excluding hydrogens is 1220 g/mol. The standard InChI is InChI=1S/C83H161NO13/c1-3-5-7-9-11-13-15-17-19-21-23-25-27-28-29-30-31-32-33-34-35-36-37-38-39-40-41-42-43-44-45-47-49-51-53-55-57-59-61-63-65-67-75(88)84-71(70-94-82-80(93)78(91)81(74(69-86)96-82)97-83-79(92)77(90)76(89)73(68-85)95-83)72(87)66-64-62-60-58-56-54-52-50-48-46-26-24-22-20-18-16-14-12-10-8-6-4-2/h64,66,71-74,76-83,85-87,89-93H,3-63,65,67-70H2,1-2H3,(H,84,88)/b66-64+. The second-order valence-corrected chi connectivity index (χ2v) is 30.3. The van der Waals surface area contributed by atoms with Crippen molar-refractivity contribution in [2.24, 2.45) is 0 Å². The van der Waals surface area contributed by atoms with Gasteiger partial charge in [0, 0.05) is 6.42 Å². The van der Waals surface area contributed by atoms with Crippen molar-refractivity contribution in [1.82, 2.24) is 5.32 Å². The van der Waals surface area contributed by atoms with Crippen molar-refractivity contribution >= 4 is 5.91 Å². The summed E-state index contributed by atoms with van der Waals surface area (Å²) < 4.78 is 22.9. The van der Waals surface area contributed by atoms with Gasteiger partial charge in [0.2, 0.25) is 5.91 Å². The van der Waals surface area contributed by atoms with Gasteiger partial charge in [-0.15, -0.1) is 0 Å². The zero-order valence-corrected chi connectivity index (χ0v) is 63.4. The SMILES string of the molecule is CCCCCCCCCCCCCCCCCCCCCC/C=C/C(O)C(COC1OC(CO)C(OC2OC(CO)C(O)C(O)C2O)C(O)C1O)NC(=O)CCCCCCCCCCCCCCCCCCCCCCCCCCCCCCCCCCCCCCCCCCC. The Balaban J connectivity index is 1.54. The van der Waals surface area contributed by atoms with Crippen LogP contribution in [0.4, 0.5) is 0 Å². The highest BCUT2D eigenvalue weighted by molar-refractivity contribution is 5.76. The van der Waals surface area contributed by atoms with Gasteiger partial charge in [-0.25, -0.2) is 0 Å². The number of aliphatic hydroxyl groups excluding tert-OH is 8. The second kappa shape index (κ2) is 67.9. The fraction of sp³-hybridized carbons (Fsp3) is 0.964. The Labute approximate surface area is 596 Å². The summed E-state index contributed by atoms with van der Waals surface area (Å²) in [7, 11) is 0. The molecule has 2 aliphatic rings. The van der Waals surface area contributed by atoms with E-state index < -0.39 is 86.8 Å². The van der Waals surface area contributed by atoms with E-state index >= 15 is 0 Å². The molecule has 2 aliphatic heterocycles. The van der Waals surface area contributed by atoms with E-state index in [9.17, 15) is 45.6 Å². The number of amides is 1. The summed E-state index contributed by atoms with van der Waals surface area (Å²) in [6.45, 7) is 2.88. The zero-order chi connectivity index (χ0) is 70.1. The van der Waals surface area contributed by atoms with E-state index in [4.69, 9.17) is 18.9 Å². The molecule has 2 rings (SSSR count). The van der Waals surface area contributed by atoms with E-state index in [1.807, 2.05) is 6.08 Å². The molecule has 0 aromatic rings. The van der Waals surface area contributed by atoms with Crippen LogP contribution in [0.25, 0.3) is 0 Å². The predicted molar refractivity (Wildman–Crippen MR) is 402 cm³/mol. The quantitative estimate of drug-likeness (QED) is 0.0204. The first-order valence-corrected chi connectivity index (χ1v) is 42.4. The molecule has 576 valence electrons. The maximum Gasteiger partial charge on any atom is 0.220 e. The normalized spacial score (nSPS) is 22.1. The highest BCUT2D eigenvalue weighted by Gasteiger charge is 2.51.